The van der Waals surface area contributed by atoms with Gasteiger partial charge in [-0.1, -0.05) is 0 Å². The second-order valence-corrected chi connectivity index (χ2v) is 4.16. The summed E-state index contributed by atoms with van der Waals surface area (Å²) < 4.78 is 43.9. The fourth-order valence-corrected chi connectivity index (χ4v) is 2.02. The molecule has 6 heteroatoms. The van der Waals surface area contributed by atoms with Gasteiger partial charge in [-0.05, 0) is 19.9 Å². The summed E-state index contributed by atoms with van der Waals surface area (Å²) in [6.45, 7) is 2.17. The average molecular weight is 241 g/mol. The van der Waals surface area contributed by atoms with Gasteiger partial charge < -0.3 is 14.7 Å². The average Bonchev–Trinajstić information content (AvgIpc) is 2.60. The Balaban J connectivity index is 2.67. The van der Waals surface area contributed by atoms with Gasteiger partial charge in [-0.15, -0.1) is 0 Å². The molecule has 1 unspecified atom stereocenters. The lowest BCUT2D eigenvalue weighted by atomic mass is 9.87. The monoisotopic (exact) mass is 241 g/mol. The van der Waals surface area contributed by atoms with Crippen LogP contribution in [0, 0.1) is 5.41 Å². The van der Waals surface area contributed by atoms with E-state index < -0.39 is 11.6 Å². The van der Waals surface area contributed by atoms with E-state index in [1.165, 1.54) is 0 Å². The molecule has 1 fully saturated rings. The van der Waals surface area contributed by atoms with Gasteiger partial charge in [-0.3, -0.25) is 0 Å². The molecule has 0 aromatic carbocycles. The lowest BCUT2D eigenvalue weighted by Crippen LogP contribution is -2.44. The number of halogens is 3. The van der Waals surface area contributed by atoms with E-state index in [9.17, 15) is 13.2 Å². The molecule has 16 heavy (non-hydrogen) atoms. The molecular weight excluding hydrogens is 223 g/mol. The van der Waals surface area contributed by atoms with Crippen LogP contribution in [0.15, 0.2) is 0 Å². The zero-order chi connectivity index (χ0) is 12.2. The first-order valence-corrected chi connectivity index (χ1v) is 5.43. The van der Waals surface area contributed by atoms with Gasteiger partial charge in [-0.2, -0.15) is 13.2 Å². The van der Waals surface area contributed by atoms with Crippen LogP contribution >= 0.6 is 0 Å². The van der Waals surface area contributed by atoms with Gasteiger partial charge >= 0.3 is 6.18 Å². The maximum absolute atomic E-state index is 13.0. The summed E-state index contributed by atoms with van der Waals surface area (Å²) in [4.78, 5) is 1.63. The molecule has 1 rings (SSSR count). The molecule has 0 saturated carbocycles. The largest absolute Gasteiger partial charge is 0.397 e. The van der Waals surface area contributed by atoms with Crippen molar-refractivity contribution in [2.24, 2.45) is 5.41 Å². The van der Waals surface area contributed by atoms with Crippen LogP contribution in [0.1, 0.15) is 13.3 Å². The fourth-order valence-electron chi connectivity index (χ4n) is 2.02. The number of nitrogens with zero attached hydrogens (tertiary/aromatic N) is 1. The third-order valence-electron chi connectivity index (χ3n) is 3.03. The van der Waals surface area contributed by atoms with E-state index in [1.807, 2.05) is 0 Å². The van der Waals surface area contributed by atoms with Crippen LogP contribution in [-0.4, -0.2) is 55.6 Å². The predicted molar refractivity (Wildman–Crippen MR) is 53.1 cm³/mol. The molecule has 0 bridgehead atoms. The fraction of sp³-hybridized carbons (Fsp3) is 1.00. The number of likely N-dealkylation sites (tertiary alicyclic amines) is 1. The minimum atomic E-state index is -4.24. The van der Waals surface area contributed by atoms with E-state index >= 15 is 0 Å². The number of hydrogen-bond donors (Lipinski definition) is 1. The Morgan fingerprint density at radius 2 is 2.12 bits per heavy atom. The summed E-state index contributed by atoms with van der Waals surface area (Å²) >= 11 is 0. The zero-order valence-electron chi connectivity index (χ0n) is 9.39. The molecule has 96 valence electrons. The second kappa shape index (κ2) is 5.33. The van der Waals surface area contributed by atoms with Gasteiger partial charge in [0, 0.05) is 19.7 Å². The summed E-state index contributed by atoms with van der Waals surface area (Å²) in [5.74, 6) is 0. The van der Waals surface area contributed by atoms with Crippen LogP contribution in [0.2, 0.25) is 0 Å². The molecular formula is C10H18F3NO2. The molecule has 0 radical (unpaired) electrons. The summed E-state index contributed by atoms with van der Waals surface area (Å²) in [7, 11) is 0. The number of aliphatic hydroxyl groups is 1. The first-order valence-electron chi connectivity index (χ1n) is 5.43. The molecule has 1 saturated heterocycles. The van der Waals surface area contributed by atoms with E-state index in [2.05, 4.69) is 0 Å². The number of ether oxygens (including phenoxy) is 1. The van der Waals surface area contributed by atoms with Crippen LogP contribution in [0.4, 0.5) is 13.2 Å². The first-order chi connectivity index (χ1) is 7.45. The number of hydrogen-bond acceptors (Lipinski definition) is 3. The van der Waals surface area contributed by atoms with E-state index in [0.717, 1.165) is 0 Å². The molecule has 0 aromatic rings. The summed E-state index contributed by atoms with van der Waals surface area (Å²) in [6, 6.07) is 0. The molecule has 1 aliphatic heterocycles. The Bertz CT molecular complexity index is 223. The maximum atomic E-state index is 13.0. The predicted octanol–water partition coefficient (Wildman–Crippen LogP) is 1.27. The quantitative estimate of drug-likeness (QED) is 0.786. The van der Waals surface area contributed by atoms with Crippen molar-refractivity contribution in [3.63, 3.8) is 0 Å². The van der Waals surface area contributed by atoms with Crippen molar-refractivity contribution in [2.45, 2.75) is 19.5 Å². The highest BCUT2D eigenvalue weighted by atomic mass is 19.4. The highest BCUT2D eigenvalue weighted by molar-refractivity contribution is 4.95. The third kappa shape index (κ3) is 2.87. The Morgan fingerprint density at radius 1 is 1.44 bits per heavy atom. The highest BCUT2D eigenvalue weighted by Crippen LogP contribution is 2.45. The standard InChI is InChI=1S/C10H18F3NO2/c1-2-16-8-9(10(11,12)13)3-4-14(7-9)5-6-15/h15H,2-8H2,1H3. The lowest BCUT2D eigenvalue weighted by Gasteiger charge is -2.31. The van der Waals surface area contributed by atoms with Gasteiger partial charge in [0.15, 0.2) is 0 Å². The summed E-state index contributed by atoms with van der Waals surface area (Å²) in [5.41, 5.74) is -1.75. The molecule has 1 heterocycles. The van der Waals surface area contributed by atoms with E-state index in [4.69, 9.17) is 9.84 Å². The van der Waals surface area contributed by atoms with E-state index in [-0.39, 0.29) is 32.8 Å². The summed E-state index contributed by atoms with van der Waals surface area (Å²) in [6.07, 6.45) is -4.19. The third-order valence-corrected chi connectivity index (χ3v) is 3.03. The van der Waals surface area contributed by atoms with Crippen LogP contribution in [-0.2, 0) is 4.74 Å². The van der Waals surface area contributed by atoms with Crippen LogP contribution in [0.5, 0.6) is 0 Å². The van der Waals surface area contributed by atoms with Gasteiger partial charge in [0.2, 0.25) is 0 Å². The van der Waals surface area contributed by atoms with Crippen LogP contribution < -0.4 is 0 Å². The topological polar surface area (TPSA) is 32.7 Å². The maximum Gasteiger partial charge on any atom is 0.397 e. The van der Waals surface area contributed by atoms with Gasteiger partial charge in [-0.25, -0.2) is 0 Å². The molecule has 1 atom stereocenters. The molecule has 1 N–H and O–H groups in total. The number of alkyl halides is 3. The lowest BCUT2D eigenvalue weighted by molar-refractivity contribution is -0.235. The minimum absolute atomic E-state index is 0.0521. The Hall–Kier alpha value is -0.330. The Labute approximate surface area is 93.2 Å². The van der Waals surface area contributed by atoms with Crippen molar-refractivity contribution in [2.75, 3.05) is 39.5 Å². The molecule has 0 spiro atoms. The van der Waals surface area contributed by atoms with Crippen molar-refractivity contribution < 1.29 is 23.0 Å². The van der Waals surface area contributed by atoms with Crippen molar-refractivity contribution in [1.29, 1.82) is 0 Å². The molecule has 0 amide bonds. The Kier molecular flexibility index (Phi) is 4.58. The number of β-amino-alcohol motifs (C(OH)–C–C–N with tert-alkyl or cyclic N) is 1. The SMILES string of the molecule is CCOCC1(C(F)(F)F)CCN(CCO)C1. The second-order valence-electron chi connectivity index (χ2n) is 4.16. The van der Waals surface area contributed by atoms with E-state index in [0.29, 0.717) is 13.1 Å². The van der Waals surface area contributed by atoms with Gasteiger partial charge in [0.05, 0.1) is 13.2 Å². The van der Waals surface area contributed by atoms with Crippen molar-refractivity contribution in [3.05, 3.63) is 0 Å². The smallest absolute Gasteiger partial charge is 0.395 e. The highest BCUT2D eigenvalue weighted by Gasteiger charge is 2.57. The zero-order valence-corrected chi connectivity index (χ0v) is 9.39. The molecule has 0 aliphatic carbocycles. The number of rotatable bonds is 5. The normalized spacial score (nSPS) is 27.6. The summed E-state index contributed by atoms with van der Waals surface area (Å²) in [5, 5.41) is 8.72. The molecule has 1 aliphatic rings. The van der Waals surface area contributed by atoms with Gasteiger partial charge in [0.25, 0.3) is 0 Å². The van der Waals surface area contributed by atoms with E-state index in [1.54, 1.807) is 11.8 Å². The first kappa shape index (κ1) is 13.7. The molecule has 0 aromatic heterocycles. The van der Waals surface area contributed by atoms with Crippen molar-refractivity contribution in [3.8, 4) is 0 Å². The van der Waals surface area contributed by atoms with Crippen LogP contribution in [0.25, 0.3) is 0 Å². The Morgan fingerprint density at radius 3 is 2.62 bits per heavy atom. The van der Waals surface area contributed by atoms with Crippen LogP contribution in [0.3, 0.4) is 0 Å². The van der Waals surface area contributed by atoms with Gasteiger partial charge in [0.1, 0.15) is 5.41 Å². The number of aliphatic hydroxyl groups excluding tert-OH is 1. The molecule has 3 nitrogen and oxygen atoms in total. The minimum Gasteiger partial charge on any atom is -0.395 e. The van der Waals surface area contributed by atoms with Crippen molar-refractivity contribution >= 4 is 0 Å². The van der Waals surface area contributed by atoms with Crippen molar-refractivity contribution in [1.82, 2.24) is 4.90 Å².